The summed E-state index contributed by atoms with van der Waals surface area (Å²) >= 11 is 6.16. The summed E-state index contributed by atoms with van der Waals surface area (Å²) in [6.07, 6.45) is 5.91. The summed E-state index contributed by atoms with van der Waals surface area (Å²) in [7, 11) is -3.52. The number of rotatable bonds is 12. The van der Waals surface area contributed by atoms with Crippen LogP contribution in [0.4, 0.5) is 11.4 Å². The highest BCUT2D eigenvalue weighted by molar-refractivity contribution is 7.88. The van der Waals surface area contributed by atoms with Crippen molar-refractivity contribution in [3.63, 3.8) is 0 Å². The van der Waals surface area contributed by atoms with Crippen molar-refractivity contribution in [2.24, 2.45) is 5.41 Å². The zero-order valence-corrected chi connectivity index (χ0v) is 25.3. The van der Waals surface area contributed by atoms with E-state index in [0.717, 1.165) is 43.5 Å². The van der Waals surface area contributed by atoms with E-state index in [1.54, 1.807) is 30.5 Å². The molecule has 0 spiro atoms. The van der Waals surface area contributed by atoms with Crippen LogP contribution >= 0.6 is 11.6 Å². The third-order valence-corrected chi connectivity index (χ3v) is 9.83. The summed E-state index contributed by atoms with van der Waals surface area (Å²) in [6, 6.07) is 14.6. The Morgan fingerprint density at radius 1 is 1.07 bits per heavy atom. The minimum Gasteiger partial charge on any atom is -0.486 e. The van der Waals surface area contributed by atoms with Crippen LogP contribution in [0.25, 0.3) is 5.69 Å². The third-order valence-electron chi connectivity index (χ3n) is 7.74. The normalized spacial score (nSPS) is 16.9. The Morgan fingerprint density at radius 2 is 1.83 bits per heavy atom. The fourth-order valence-electron chi connectivity index (χ4n) is 4.88. The van der Waals surface area contributed by atoms with Gasteiger partial charge in [-0.2, -0.15) is 14.1 Å². The third kappa shape index (κ3) is 7.23. The van der Waals surface area contributed by atoms with Gasteiger partial charge in [0.2, 0.25) is 15.8 Å². The van der Waals surface area contributed by atoms with E-state index in [-0.39, 0.29) is 22.5 Å². The van der Waals surface area contributed by atoms with Crippen molar-refractivity contribution in [2.75, 3.05) is 49.5 Å². The van der Waals surface area contributed by atoms with Crippen molar-refractivity contribution in [1.82, 2.24) is 14.1 Å². The molecule has 1 N–H and O–H groups in total. The van der Waals surface area contributed by atoms with Gasteiger partial charge in [-0.3, -0.25) is 4.79 Å². The summed E-state index contributed by atoms with van der Waals surface area (Å²) in [4.78, 5) is 15.6. The second kappa shape index (κ2) is 12.4. The fraction of sp³-hybridized carbons (Fsp3) is 0.467. The number of aromatic nitrogens is 2. The maximum atomic E-state index is 13.6. The van der Waals surface area contributed by atoms with Crippen LogP contribution in [0.1, 0.15) is 45.1 Å². The van der Waals surface area contributed by atoms with E-state index in [9.17, 15) is 13.2 Å². The van der Waals surface area contributed by atoms with Crippen LogP contribution in [0.3, 0.4) is 0 Å². The number of hydrogen-bond donors (Lipinski definition) is 1. The number of unbranched alkanes of at least 4 members (excludes halogenated alkanes) is 1. The van der Waals surface area contributed by atoms with Crippen LogP contribution < -0.4 is 20.5 Å². The molecule has 0 amide bonds. The Morgan fingerprint density at radius 3 is 2.54 bits per heavy atom. The molecule has 1 aromatic heterocycles. The minimum atomic E-state index is -3.52. The molecule has 41 heavy (non-hydrogen) atoms. The zero-order valence-electron chi connectivity index (χ0n) is 23.7. The molecular weight excluding hydrogens is 562 g/mol. The highest BCUT2D eigenvalue weighted by Crippen LogP contribution is 2.45. The Balaban J connectivity index is 1.30. The number of ether oxygens (including phenoxy) is 1. The van der Waals surface area contributed by atoms with Gasteiger partial charge in [-0.25, -0.2) is 8.42 Å². The molecular formula is C30H38ClN5O4S. The summed E-state index contributed by atoms with van der Waals surface area (Å²) < 4.78 is 35.7. The highest BCUT2D eigenvalue weighted by Gasteiger charge is 2.39. The smallest absolute Gasteiger partial charge is 0.316 e. The number of piperazine rings is 1. The molecule has 3 aromatic rings. The van der Waals surface area contributed by atoms with E-state index < -0.39 is 10.0 Å². The van der Waals surface area contributed by atoms with Gasteiger partial charge in [0.25, 0.3) is 0 Å². The van der Waals surface area contributed by atoms with Crippen LogP contribution in [-0.4, -0.2) is 61.8 Å². The molecule has 0 atom stereocenters. The van der Waals surface area contributed by atoms with Gasteiger partial charge in [-0.15, -0.1) is 0 Å². The van der Waals surface area contributed by atoms with Gasteiger partial charge in [0.1, 0.15) is 5.69 Å². The maximum Gasteiger partial charge on any atom is 0.316 e. The summed E-state index contributed by atoms with van der Waals surface area (Å²) in [5, 5.41) is 8.29. The first-order valence-corrected chi connectivity index (χ1v) is 16.2. The lowest BCUT2D eigenvalue weighted by atomic mass is 10.2. The first-order chi connectivity index (χ1) is 19.7. The number of benzene rings is 2. The van der Waals surface area contributed by atoms with Crippen LogP contribution in [0.2, 0.25) is 5.02 Å². The van der Waals surface area contributed by atoms with Crippen LogP contribution in [0.15, 0.2) is 59.5 Å². The predicted octanol–water partition coefficient (Wildman–Crippen LogP) is 4.93. The minimum absolute atomic E-state index is 0.0551. The van der Waals surface area contributed by atoms with Crippen LogP contribution in [0, 0.1) is 5.41 Å². The molecule has 9 nitrogen and oxygen atoms in total. The lowest BCUT2D eigenvalue weighted by Crippen LogP contribution is -2.49. The van der Waals surface area contributed by atoms with Gasteiger partial charge in [0.05, 0.1) is 24.2 Å². The monoisotopic (exact) mass is 599 g/mol. The van der Waals surface area contributed by atoms with Crippen molar-refractivity contribution in [1.29, 1.82) is 0 Å². The summed E-state index contributed by atoms with van der Waals surface area (Å²) in [5.41, 5.74) is 2.54. The second-order valence-electron chi connectivity index (χ2n) is 11.3. The van der Waals surface area contributed by atoms with E-state index in [1.165, 1.54) is 8.99 Å². The molecule has 0 radical (unpaired) electrons. The second-order valence-corrected chi connectivity index (χ2v) is 13.7. The largest absolute Gasteiger partial charge is 0.486 e. The molecule has 2 aromatic carbocycles. The standard InChI is InChI=1S/C30H38ClN5O4S/c1-3-4-13-32-25-9-5-7-23(18-25)21-41(38,39)35-16-14-34(15-17-35)27-20-33-36(26-10-6-8-24(31)19-26)29(37)28(27)40-22-30(2)11-12-30/h5-10,18-20,32H,3-4,11-17,21-22H2,1-2H3. The SMILES string of the molecule is CCCCNc1cccc(CS(=O)(=O)N2CCN(c3cnn(-c4cccc(Cl)c4)c(=O)c3OCC3(C)CC3)CC2)c1. The number of halogens is 1. The molecule has 5 rings (SSSR count). The number of nitrogens with one attached hydrogen (secondary N) is 1. The average molecular weight is 600 g/mol. The molecule has 1 saturated carbocycles. The summed E-state index contributed by atoms with van der Waals surface area (Å²) in [6.45, 7) is 7.05. The average Bonchev–Trinajstić information content (AvgIpc) is 3.69. The molecule has 0 bridgehead atoms. The molecule has 11 heteroatoms. The molecule has 1 saturated heterocycles. The molecule has 220 valence electrons. The van der Waals surface area contributed by atoms with E-state index in [0.29, 0.717) is 49.2 Å². The summed E-state index contributed by atoms with van der Waals surface area (Å²) in [5.74, 6) is 0.178. The number of hydrogen-bond acceptors (Lipinski definition) is 7. The van der Waals surface area contributed by atoms with Gasteiger partial charge >= 0.3 is 5.56 Å². The Bertz CT molecular complexity index is 1530. The lowest BCUT2D eigenvalue weighted by molar-refractivity contribution is 0.242. The number of sulfonamides is 1. The maximum absolute atomic E-state index is 13.6. The van der Waals surface area contributed by atoms with Gasteiger partial charge in [-0.1, -0.05) is 50.1 Å². The van der Waals surface area contributed by atoms with E-state index >= 15 is 0 Å². The fourth-order valence-corrected chi connectivity index (χ4v) is 6.56. The highest BCUT2D eigenvalue weighted by atomic mass is 35.5. The predicted molar refractivity (Wildman–Crippen MR) is 164 cm³/mol. The first kappa shape index (κ1) is 29.4. The van der Waals surface area contributed by atoms with Crippen molar-refractivity contribution in [3.8, 4) is 11.4 Å². The molecule has 2 heterocycles. The molecule has 1 aliphatic carbocycles. The Labute approximate surface area is 247 Å². The van der Waals surface area contributed by atoms with E-state index in [1.807, 2.05) is 29.2 Å². The first-order valence-electron chi connectivity index (χ1n) is 14.2. The van der Waals surface area contributed by atoms with Gasteiger partial charge in [0.15, 0.2) is 0 Å². The van der Waals surface area contributed by atoms with Gasteiger partial charge in [-0.05, 0) is 55.2 Å². The van der Waals surface area contributed by atoms with Gasteiger partial charge in [0, 0.05) is 48.8 Å². The molecule has 2 fully saturated rings. The lowest BCUT2D eigenvalue weighted by Gasteiger charge is -2.35. The molecule has 1 aliphatic heterocycles. The van der Waals surface area contributed by atoms with E-state index in [4.69, 9.17) is 16.3 Å². The molecule has 0 unspecified atom stereocenters. The van der Waals surface area contributed by atoms with Crippen LogP contribution in [0.5, 0.6) is 5.75 Å². The van der Waals surface area contributed by atoms with Crippen molar-refractivity contribution in [2.45, 2.75) is 45.3 Å². The molecule has 2 aliphatic rings. The van der Waals surface area contributed by atoms with Crippen LogP contribution in [-0.2, 0) is 15.8 Å². The van der Waals surface area contributed by atoms with E-state index in [2.05, 4.69) is 24.3 Å². The van der Waals surface area contributed by atoms with Crippen molar-refractivity contribution < 1.29 is 13.2 Å². The Kier molecular flexibility index (Phi) is 8.91. The van der Waals surface area contributed by atoms with Crippen molar-refractivity contribution >= 4 is 33.0 Å². The zero-order chi connectivity index (χ0) is 29.0. The Hall–Kier alpha value is -3.08. The van der Waals surface area contributed by atoms with Crippen molar-refractivity contribution in [3.05, 3.63) is 75.7 Å². The van der Waals surface area contributed by atoms with Gasteiger partial charge < -0.3 is 15.0 Å². The number of anilines is 2. The number of nitrogens with zero attached hydrogens (tertiary/aromatic N) is 4. The topological polar surface area (TPSA) is 96.8 Å². The quantitative estimate of drug-likeness (QED) is 0.295.